The molecule has 208 valence electrons. The van der Waals surface area contributed by atoms with Gasteiger partial charge < -0.3 is 20.3 Å². The molecule has 1 aliphatic carbocycles. The van der Waals surface area contributed by atoms with Gasteiger partial charge in [0.2, 0.25) is 11.8 Å². The van der Waals surface area contributed by atoms with E-state index in [0.29, 0.717) is 60.7 Å². The van der Waals surface area contributed by atoms with Gasteiger partial charge in [-0.25, -0.2) is 14.2 Å². The van der Waals surface area contributed by atoms with Crippen molar-refractivity contribution >= 4 is 35.0 Å². The summed E-state index contributed by atoms with van der Waals surface area (Å²) in [5.74, 6) is -0.272. The molecule has 10 nitrogen and oxygen atoms in total. The van der Waals surface area contributed by atoms with Gasteiger partial charge in [-0.3, -0.25) is 19.8 Å². The van der Waals surface area contributed by atoms with Gasteiger partial charge in [-0.2, -0.15) is 0 Å². The first-order chi connectivity index (χ1) is 19.2. The molecule has 0 unspecified atom stereocenters. The molecule has 2 heterocycles. The first-order valence-corrected chi connectivity index (χ1v) is 13.0. The number of amides is 4. The number of likely N-dealkylation sites (tertiary alicyclic amines) is 1. The quantitative estimate of drug-likeness (QED) is 0.410. The van der Waals surface area contributed by atoms with Crippen molar-refractivity contribution in [2.24, 2.45) is 11.1 Å². The summed E-state index contributed by atoms with van der Waals surface area (Å²) < 4.78 is 19.6. The molecule has 1 saturated carbocycles. The van der Waals surface area contributed by atoms with E-state index in [1.807, 2.05) is 14.1 Å². The molecule has 1 saturated heterocycles. The maximum absolute atomic E-state index is 13.6. The number of aromatic nitrogens is 1. The van der Waals surface area contributed by atoms with Gasteiger partial charge in [-0.05, 0) is 88.0 Å². The van der Waals surface area contributed by atoms with Gasteiger partial charge in [0.25, 0.3) is 0 Å². The predicted molar refractivity (Wildman–Crippen MR) is 148 cm³/mol. The van der Waals surface area contributed by atoms with Crippen molar-refractivity contribution in [2.45, 2.75) is 25.3 Å². The van der Waals surface area contributed by atoms with Crippen LogP contribution in [0.15, 0.2) is 66.9 Å². The van der Waals surface area contributed by atoms with Crippen LogP contribution in [-0.2, 0) is 9.59 Å². The van der Waals surface area contributed by atoms with Gasteiger partial charge in [-0.1, -0.05) is 0 Å². The van der Waals surface area contributed by atoms with Crippen LogP contribution in [0.1, 0.15) is 19.3 Å². The maximum atomic E-state index is 13.6. The summed E-state index contributed by atoms with van der Waals surface area (Å²) >= 11 is 0. The standard InChI is InChI=1S/C29H31FN6O4/c1-34(2)22-12-16-35(18-22)28(39)33-25-17-24(11-15-32-25)40-23-9-7-21(8-10-23)36(20-5-3-19(30)4-6-20)27(38)29(13-14-29)26(31)37/h3-11,15,17,22H,12-14,16,18H2,1-2H3,(H2,31,37)(H,32,33,39)/t22-/m0/s1. The van der Waals surface area contributed by atoms with Crippen molar-refractivity contribution in [1.82, 2.24) is 14.8 Å². The van der Waals surface area contributed by atoms with Gasteiger partial charge in [0.15, 0.2) is 0 Å². The Morgan fingerprint density at radius 3 is 2.25 bits per heavy atom. The molecule has 2 aromatic carbocycles. The van der Waals surface area contributed by atoms with Gasteiger partial charge in [-0.15, -0.1) is 0 Å². The summed E-state index contributed by atoms with van der Waals surface area (Å²) in [4.78, 5) is 47.7. The number of halogens is 1. The predicted octanol–water partition coefficient (Wildman–Crippen LogP) is 4.11. The lowest BCUT2D eigenvalue weighted by molar-refractivity contribution is -0.133. The molecule has 1 aliphatic heterocycles. The van der Waals surface area contributed by atoms with Crippen LogP contribution in [0.5, 0.6) is 11.5 Å². The zero-order valence-corrected chi connectivity index (χ0v) is 22.3. The zero-order chi connectivity index (χ0) is 28.4. The van der Waals surface area contributed by atoms with E-state index in [9.17, 15) is 18.8 Å². The average molecular weight is 547 g/mol. The van der Waals surface area contributed by atoms with E-state index in [0.717, 1.165) is 6.42 Å². The van der Waals surface area contributed by atoms with Crippen molar-refractivity contribution in [3.05, 3.63) is 72.7 Å². The number of hydrogen-bond acceptors (Lipinski definition) is 6. The molecule has 0 spiro atoms. The number of nitrogens with zero attached hydrogens (tertiary/aromatic N) is 4. The Morgan fingerprint density at radius 2 is 1.68 bits per heavy atom. The third-order valence-corrected chi connectivity index (χ3v) is 7.40. The van der Waals surface area contributed by atoms with Crippen molar-refractivity contribution in [2.75, 3.05) is 37.4 Å². The molecule has 0 radical (unpaired) electrons. The number of carbonyl (C=O) groups is 3. The van der Waals surface area contributed by atoms with E-state index in [1.54, 1.807) is 47.5 Å². The first-order valence-electron chi connectivity index (χ1n) is 13.0. The number of pyridine rings is 1. The monoisotopic (exact) mass is 546 g/mol. The summed E-state index contributed by atoms with van der Waals surface area (Å²) in [6, 6.07) is 15.6. The number of nitrogens with one attached hydrogen (secondary N) is 1. The fourth-order valence-corrected chi connectivity index (χ4v) is 4.76. The summed E-state index contributed by atoms with van der Waals surface area (Å²) in [5, 5.41) is 2.83. The molecule has 3 aromatic rings. The smallest absolute Gasteiger partial charge is 0.323 e. The Morgan fingerprint density at radius 1 is 1.02 bits per heavy atom. The normalized spacial score (nSPS) is 17.4. The number of nitrogens with two attached hydrogens (primary N) is 1. The van der Waals surface area contributed by atoms with Crippen LogP contribution < -0.4 is 20.7 Å². The molecular weight excluding hydrogens is 515 g/mol. The minimum Gasteiger partial charge on any atom is -0.457 e. The molecule has 3 N–H and O–H groups in total. The molecule has 2 fully saturated rings. The molecular formula is C29H31FN6O4. The fraction of sp³-hybridized carbons (Fsp3) is 0.310. The van der Waals surface area contributed by atoms with Crippen molar-refractivity contribution in [1.29, 1.82) is 0 Å². The van der Waals surface area contributed by atoms with Gasteiger partial charge in [0.05, 0.1) is 0 Å². The number of likely N-dealkylation sites (N-methyl/N-ethyl adjacent to an activating group) is 1. The van der Waals surface area contributed by atoms with E-state index in [1.165, 1.54) is 29.2 Å². The Bertz CT molecular complexity index is 1410. The Hall–Kier alpha value is -4.51. The van der Waals surface area contributed by atoms with E-state index >= 15 is 0 Å². The Kier molecular flexibility index (Phi) is 7.40. The second kappa shape index (κ2) is 10.9. The van der Waals surface area contributed by atoms with Gasteiger partial charge in [0.1, 0.15) is 28.5 Å². The van der Waals surface area contributed by atoms with Crippen molar-refractivity contribution < 1.29 is 23.5 Å². The van der Waals surface area contributed by atoms with Crippen LogP contribution >= 0.6 is 0 Å². The summed E-state index contributed by atoms with van der Waals surface area (Å²) in [5.41, 5.74) is 5.18. The number of primary amides is 1. The van der Waals surface area contributed by atoms with Gasteiger partial charge >= 0.3 is 6.03 Å². The molecule has 11 heteroatoms. The molecule has 1 atom stereocenters. The van der Waals surface area contributed by atoms with E-state index in [2.05, 4.69) is 15.2 Å². The largest absolute Gasteiger partial charge is 0.457 e. The highest BCUT2D eigenvalue weighted by atomic mass is 19.1. The number of anilines is 3. The summed E-state index contributed by atoms with van der Waals surface area (Å²) in [6.07, 6.45) is 3.20. The summed E-state index contributed by atoms with van der Waals surface area (Å²) in [7, 11) is 4.01. The number of rotatable bonds is 8. The number of urea groups is 1. The highest BCUT2D eigenvalue weighted by molar-refractivity contribution is 6.16. The first kappa shape index (κ1) is 27.1. The van der Waals surface area contributed by atoms with Gasteiger partial charge in [0, 0.05) is 42.8 Å². The summed E-state index contributed by atoms with van der Waals surface area (Å²) in [6.45, 7) is 1.33. The highest BCUT2D eigenvalue weighted by Crippen LogP contribution is 2.49. The number of hydrogen-bond donors (Lipinski definition) is 2. The molecule has 40 heavy (non-hydrogen) atoms. The second-order valence-electron chi connectivity index (χ2n) is 10.3. The van der Waals surface area contributed by atoms with Crippen LogP contribution in [0.4, 0.5) is 26.4 Å². The molecule has 1 aromatic heterocycles. The lowest BCUT2D eigenvalue weighted by Crippen LogP contribution is -2.41. The minimum absolute atomic E-state index is 0.215. The second-order valence-corrected chi connectivity index (χ2v) is 10.3. The Balaban J connectivity index is 1.30. The topological polar surface area (TPSA) is 121 Å². The van der Waals surface area contributed by atoms with Crippen LogP contribution in [0, 0.1) is 11.2 Å². The number of ether oxygens (including phenoxy) is 1. The lowest BCUT2D eigenvalue weighted by atomic mass is 10.0. The molecule has 0 bridgehead atoms. The van der Waals surface area contributed by atoms with E-state index in [4.69, 9.17) is 10.5 Å². The zero-order valence-electron chi connectivity index (χ0n) is 22.3. The highest BCUT2D eigenvalue weighted by Gasteiger charge is 2.57. The van der Waals surface area contributed by atoms with E-state index < -0.39 is 23.0 Å². The van der Waals surface area contributed by atoms with Crippen LogP contribution in [0.3, 0.4) is 0 Å². The molecule has 4 amide bonds. The van der Waals surface area contributed by atoms with Crippen molar-refractivity contribution in [3.63, 3.8) is 0 Å². The number of carbonyl (C=O) groups excluding carboxylic acids is 3. The molecule has 5 rings (SSSR count). The average Bonchev–Trinajstić information content (AvgIpc) is 3.60. The van der Waals surface area contributed by atoms with Crippen molar-refractivity contribution in [3.8, 4) is 11.5 Å². The lowest BCUT2D eigenvalue weighted by Gasteiger charge is -2.26. The third-order valence-electron chi connectivity index (χ3n) is 7.40. The van der Waals surface area contributed by atoms with Crippen LogP contribution in [0.2, 0.25) is 0 Å². The van der Waals surface area contributed by atoms with E-state index in [-0.39, 0.29) is 6.03 Å². The Labute approximate surface area is 231 Å². The fourth-order valence-electron chi connectivity index (χ4n) is 4.76. The SMILES string of the molecule is CN(C)[C@H]1CCN(C(=O)Nc2cc(Oc3ccc(N(C(=O)C4(C(N)=O)CC4)c4ccc(F)cc4)cc3)ccn2)C1. The van der Waals surface area contributed by atoms with Crippen LogP contribution in [0.25, 0.3) is 0 Å². The minimum atomic E-state index is -1.26. The van der Waals surface area contributed by atoms with Crippen LogP contribution in [-0.4, -0.2) is 65.9 Å². The third kappa shape index (κ3) is 5.59. The molecule has 2 aliphatic rings. The maximum Gasteiger partial charge on any atom is 0.323 e. The number of benzene rings is 2.